The van der Waals surface area contributed by atoms with Crippen molar-refractivity contribution in [1.29, 1.82) is 0 Å². The van der Waals surface area contributed by atoms with Gasteiger partial charge in [-0.15, -0.1) is 24.8 Å². The van der Waals surface area contributed by atoms with Gasteiger partial charge in [0, 0.05) is 21.7 Å². The molecule has 0 aliphatic rings. The Morgan fingerprint density at radius 3 is 1.64 bits per heavy atom. The Morgan fingerprint density at radius 1 is 1.00 bits per heavy atom. The van der Waals surface area contributed by atoms with E-state index < -0.39 is 0 Å². The Labute approximate surface area is 93.9 Å². The second kappa shape index (κ2) is 8.41. The first-order valence-electron chi connectivity index (χ1n) is 2.54. The van der Waals surface area contributed by atoms with Gasteiger partial charge in [-0.2, -0.15) is 0 Å². The fourth-order valence-electron chi connectivity index (χ4n) is 0.545. The summed E-state index contributed by atoms with van der Waals surface area (Å²) in [5, 5.41) is 8.76. The SMILES string of the molecule is Cc1ccc(O)cc1.Cl.Cl.[Ti]. The Morgan fingerprint density at radius 2 is 1.36 bits per heavy atom. The van der Waals surface area contributed by atoms with E-state index in [1.54, 1.807) is 12.1 Å². The molecule has 1 aromatic rings. The van der Waals surface area contributed by atoms with Crippen LogP contribution in [0.15, 0.2) is 24.3 Å². The van der Waals surface area contributed by atoms with E-state index in [0.717, 1.165) is 0 Å². The summed E-state index contributed by atoms with van der Waals surface area (Å²) in [5.41, 5.74) is 1.17. The van der Waals surface area contributed by atoms with Crippen LogP contribution in [-0.4, -0.2) is 5.11 Å². The molecule has 1 nitrogen and oxygen atoms in total. The number of benzene rings is 1. The van der Waals surface area contributed by atoms with Gasteiger partial charge in [0.25, 0.3) is 0 Å². The van der Waals surface area contributed by atoms with Gasteiger partial charge in [-0.05, 0) is 19.1 Å². The first kappa shape index (κ1) is 17.4. The summed E-state index contributed by atoms with van der Waals surface area (Å²) in [6.07, 6.45) is 0. The second-order valence-electron chi connectivity index (χ2n) is 1.84. The second-order valence-corrected chi connectivity index (χ2v) is 1.84. The number of aryl methyl sites for hydroxylation is 1. The molecule has 0 aromatic heterocycles. The predicted octanol–water partition coefficient (Wildman–Crippen LogP) is 2.54. The van der Waals surface area contributed by atoms with Gasteiger partial charge in [0.1, 0.15) is 5.75 Å². The van der Waals surface area contributed by atoms with Gasteiger partial charge in [0.05, 0.1) is 0 Å². The van der Waals surface area contributed by atoms with Gasteiger partial charge in [0.2, 0.25) is 0 Å². The maximum atomic E-state index is 8.76. The van der Waals surface area contributed by atoms with E-state index in [4.69, 9.17) is 5.11 Å². The summed E-state index contributed by atoms with van der Waals surface area (Å²) >= 11 is 0. The number of hydrogen-bond donors (Lipinski definition) is 1. The zero-order valence-corrected chi connectivity index (χ0v) is 9.27. The molecule has 0 aliphatic carbocycles. The Balaban J connectivity index is -0.000000213. The molecule has 0 radical (unpaired) electrons. The van der Waals surface area contributed by atoms with Gasteiger partial charge >= 0.3 is 0 Å². The smallest absolute Gasteiger partial charge is 0.115 e. The van der Waals surface area contributed by atoms with Crippen molar-refractivity contribution < 1.29 is 26.8 Å². The molecular formula is C7H10Cl2OTi. The third-order valence-electron chi connectivity index (χ3n) is 1.03. The normalized spacial score (nSPS) is 6.64. The van der Waals surface area contributed by atoms with E-state index in [9.17, 15) is 0 Å². The molecule has 11 heavy (non-hydrogen) atoms. The molecule has 0 spiro atoms. The maximum Gasteiger partial charge on any atom is 0.115 e. The molecular weight excluding hydrogens is 219 g/mol. The summed E-state index contributed by atoms with van der Waals surface area (Å²) < 4.78 is 0. The van der Waals surface area contributed by atoms with Crippen molar-refractivity contribution >= 4 is 24.8 Å². The van der Waals surface area contributed by atoms with Crippen molar-refractivity contribution in [3.8, 4) is 5.75 Å². The van der Waals surface area contributed by atoms with E-state index in [2.05, 4.69) is 0 Å². The molecule has 1 aromatic carbocycles. The van der Waals surface area contributed by atoms with Gasteiger partial charge < -0.3 is 5.11 Å². The number of rotatable bonds is 0. The third kappa shape index (κ3) is 6.70. The Hall–Kier alpha value is 0.314. The number of halogens is 2. The molecule has 0 aliphatic heterocycles. The minimum atomic E-state index is 0. The van der Waals surface area contributed by atoms with Crippen LogP contribution in [0.4, 0.5) is 0 Å². The van der Waals surface area contributed by atoms with E-state index in [-0.39, 0.29) is 46.5 Å². The van der Waals surface area contributed by atoms with Crippen LogP contribution in [-0.2, 0) is 21.7 Å². The van der Waals surface area contributed by atoms with Crippen LogP contribution in [0.2, 0.25) is 0 Å². The largest absolute Gasteiger partial charge is 0.508 e. The average Bonchev–Trinajstić information content (AvgIpc) is 1.77. The standard InChI is InChI=1S/C7H8O.2ClH.Ti/c1-6-2-4-7(8)5-3-6;;;/h2-5,8H,1H3;2*1H;. The number of hydrogen-bond acceptors (Lipinski definition) is 1. The monoisotopic (exact) mass is 228 g/mol. The van der Waals surface area contributed by atoms with E-state index in [1.807, 2.05) is 19.1 Å². The molecule has 0 unspecified atom stereocenters. The molecule has 0 fully saturated rings. The molecule has 0 atom stereocenters. The maximum absolute atomic E-state index is 8.76. The van der Waals surface area contributed by atoms with Gasteiger partial charge in [-0.1, -0.05) is 17.7 Å². The molecule has 4 heteroatoms. The van der Waals surface area contributed by atoms with Gasteiger partial charge in [-0.25, -0.2) is 0 Å². The van der Waals surface area contributed by atoms with Crippen LogP contribution in [0.25, 0.3) is 0 Å². The van der Waals surface area contributed by atoms with Crippen molar-refractivity contribution in [2.24, 2.45) is 0 Å². The minimum Gasteiger partial charge on any atom is -0.508 e. The molecule has 0 amide bonds. The molecule has 1 N–H and O–H groups in total. The summed E-state index contributed by atoms with van der Waals surface area (Å²) in [7, 11) is 0. The van der Waals surface area contributed by atoms with Crippen molar-refractivity contribution in [2.45, 2.75) is 6.92 Å². The van der Waals surface area contributed by atoms with Crippen molar-refractivity contribution in [3.63, 3.8) is 0 Å². The molecule has 1 rings (SSSR count). The van der Waals surface area contributed by atoms with Crippen LogP contribution in [0.5, 0.6) is 5.75 Å². The van der Waals surface area contributed by atoms with Gasteiger partial charge in [0.15, 0.2) is 0 Å². The van der Waals surface area contributed by atoms with Gasteiger partial charge in [-0.3, -0.25) is 0 Å². The van der Waals surface area contributed by atoms with Crippen LogP contribution in [0, 0.1) is 6.92 Å². The first-order valence-corrected chi connectivity index (χ1v) is 2.54. The van der Waals surface area contributed by atoms with Crippen LogP contribution in [0.1, 0.15) is 5.56 Å². The van der Waals surface area contributed by atoms with Crippen molar-refractivity contribution in [1.82, 2.24) is 0 Å². The number of phenolic OH excluding ortho intramolecular Hbond substituents is 1. The van der Waals surface area contributed by atoms with Crippen molar-refractivity contribution in [2.75, 3.05) is 0 Å². The van der Waals surface area contributed by atoms with E-state index in [0.29, 0.717) is 5.75 Å². The molecule has 0 saturated heterocycles. The summed E-state index contributed by atoms with van der Waals surface area (Å²) in [6, 6.07) is 7.09. The van der Waals surface area contributed by atoms with Crippen LogP contribution < -0.4 is 0 Å². The molecule has 0 saturated carbocycles. The molecule has 62 valence electrons. The Kier molecular flexibility index (Phi) is 13.3. The zero-order chi connectivity index (χ0) is 5.98. The van der Waals surface area contributed by atoms with Crippen molar-refractivity contribution in [3.05, 3.63) is 29.8 Å². The molecule has 0 bridgehead atoms. The van der Waals surface area contributed by atoms with E-state index >= 15 is 0 Å². The van der Waals surface area contributed by atoms with E-state index in [1.165, 1.54) is 5.56 Å². The molecule has 0 heterocycles. The number of aromatic hydroxyl groups is 1. The average molecular weight is 229 g/mol. The quantitative estimate of drug-likeness (QED) is 0.677. The van der Waals surface area contributed by atoms with Crippen LogP contribution in [0.3, 0.4) is 0 Å². The predicted molar refractivity (Wildman–Crippen MR) is 47.3 cm³/mol. The summed E-state index contributed by atoms with van der Waals surface area (Å²) in [6.45, 7) is 1.99. The fourth-order valence-corrected chi connectivity index (χ4v) is 0.545. The fraction of sp³-hybridized carbons (Fsp3) is 0.143. The summed E-state index contributed by atoms with van der Waals surface area (Å²) in [5.74, 6) is 0.329. The van der Waals surface area contributed by atoms with Crippen LogP contribution >= 0.6 is 24.8 Å². The first-order chi connectivity index (χ1) is 3.79. The number of phenols is 1. The Bertz CT molecular complexity index is 155. The zero-order valence-electron chi connectivity index (χ0n) is 6.07. The summed E-state index contributed by atoms with van der Waals surface area (Å²) in [4.78, 5) is 0. The third-order valence-corrected chi connectivity index (χ3v) is 1.03. The topological polar surface area (TPSA) is 20.2 Å². The minimum absolute atomic E-state index is 0.